The van der Waals surface area contributed by atoms with E-state index < -0.39 is 47.6 Å². The van der Waals surface area contributed by atoms with Gasteiger partial charge in [-0.05, 0) is 20.3 Å². The van der Waals surface area contributed by atoms with E-state index in [2.05, 4.69) is 4.99 Å². The number of halogens is 1. The van der Waals surface area contributed by atoms with Crippen LogP contribution in [0.5, 0.6) is 0 Å². The summed E-state index contributed by atoms with van der Waals surface area (Å²) in [6.07, 6.45) is -2.52. The predicted molar refractivity (Wildman–Crippen MR) is 98.3 cm³/mol. The van der Waals surface area contributed by atoms with Crippen LogP contribution in [0.15, 0.2) is 16.0 Å². The SMILES string of the molecule is CCCCCOC(=O)N=c1c(F)cn([C@@H]2O[C@H](C)[C@@H](O)[C@H]2O)c(=O)n1COCC. The van der Waals surface area contributed by atoms with Crippen LogP contribution < -0.4 is 11.2 Å². The molecule has 29 heavy (non-hydrogen) atoms. The molecule has 1 fully saturated rings. The van der Waals surface area contributed by atoms with Crippen molar-refractivity contribution in [2.75, 3.05) is 13.2 Å². The summed E-state index contributed by atoms with van der Waals surface area (Å²) in [7, 11) is 0. The van der Waals surface area contributed by atoms with Gasteiger partial charge in [0.25, 0.3) is 0 Å². The molecule has 2 heterocycles. The van der Waals surface area contributed by atoms with Crippen molar-refractivity contribution >= 4 is 6.09 Å². The highest BCUT2D eigenvalue weighted by molar-refractivity contribution is 5.68. The number of aliphatic hydroxyl groups excluding tert-OH is 2. The number of aromatic nitrogens is 2. The van der Waals surface area contributed by atoms with Crippen LogP contribution in [0.2, 0.25) is 0 Å². The van der Waals surface area contributed by atoms with Crippen molar-refractivity contribution in [3.63, 3.8) is 0 Å². The Bertz CT molecular complexity index is 823. The van der Waals surface area contributed by atoms with E-state index in [-0.39, 0.29) is 19.9 Å². The Hall–Kier alpha value is -2.08. The lowest BCUT2D eigenvalue weighted by Crippen LogP contribution is -2.46. The molecule has 1 saturated heterocycles. The molecule has 1 amide bonds. The second-order valence-corrected chi connectivity index (χ2v) is 6.69. The summed E-state index contributed by atoms with van der Waals surface area (Å²) in [4.78, 5) is 28.4. The molecule has 0 saturated carbocycles. The number of carbonyl (C=O) groups is 1. The zero-order chi connectivity index (χ0) is 21.6. The minimum absolute atomic E-state index is 0.137. The second kappa shape index (κ2) is 10.6. The molecule has 164 valence electrons. The van der Waals surface area contributed by atoms with Crippen molar-refractivity contribution in [2.45, 2.75) is 71.3 Å². The maximum atomic E-state index is 14.8. The lowest BCUT2D eigenvalue weighted by atomic mass is 10.1. The largest absolute Gasteiger partial charge is 0.448 e. The van der Waals surface area contributed by atoms with E-state index >= 15 is 0 Å². The van der Waals surface area contributed by atoms with Crippen LogP contribution in [-0.4, -0.2) is 57.0 Å². The van der Waals surface area contributed by atoms with Crippen molar-refractivity contribution in [1.82, 2.24) is 9.13 Å². The molecule has 2 N–H and O–H groups in total. The number of rotatable bonds is 8. The Morgan fingerprint density at radius 2 is 2.03 bits per heavy atom. The van der Waals surface area contributed by atoms with Crippen molar-refractivity contribution in [2.24, 2.45) is 4.99 Å². The first-order chi connectivity index (χ1) is 13.8. The molecule has 1 aromatic heterocycles. The standard InChI is InChI=1S/C18H28FN3O7/c1-4-6-7-8-28-17(25)20-15-12(19)9-21(18(26)22(15)10-27-5-2)16-14(24)13(23)11(3)29-16/h9,11,13-14,16,23-24H,4-8,10H2,1-3H3/t11-,13-,14-,16-/m1/s1. The van der Waals surface area contributed by atoms with Crippen LogP contribution >= 0.6 is 0 Å². The first kappa shape index (κ1) is 23.2. The van der Waals surface area contributed by atoms with Gasteiger partial charge in [0.1, 0.15) is 18.9 Å². The zero-order valence-electron chi connectivity index (χ0n) is 16.8. The quantitative estimate of drug-likeness (QED) is 0.595. The Kier molecular flexibility index (Phi) is 8.50. The summed E-state index contributed by atoms with van der Waals surface area (Å²) < 4.78 is 31.9. The number of nitrogens with zero attached hydrogens (tertiary/aromatic N) is 3. The van der Waals surface area contributed by atoms with Crippen molar-refractivity contribution in [1.29, 1.82) is 0 Å². The van der Waals surface area contributed by atoms with Gasteiger partial charge in [-0.15, -0.1) is 0 Å². The van der Waals surface area contributed by atoms with Gasteiger partial charge in [-0.25, -0.2) is 14.0 Å². The number of aliphatic hydroxyl groups is 2. The number of hydrogen-bond donors (Lipinski definition) is 2. The molecule has 1 aliphatic rings. The maximum absolute atomic E-state index is 14.8. The highest BCUT2D eigenvalue weighted by Crippen LogP contribution is 2.27. The third-order valence-electron chi connectivity index (χ3n) is 4.52. The summed E-state index contributed by atoms with van der Waals surface area (Å²) in [6, 6.07) is 0. The van der Waals surface area contributed by atoms with Gasteiger partial charge in [-0.2, -0.15) is 4.99 Å². The fourth-order valence-electron chi connectivity index (χ4n) is 2.88. The molecular weight excluding hydrogens is 389 g/mol. The molecule has 0 radical (unpaired) electrons. The van der Waals surface area contributed by atoms with E-state index in [1.54, 1.807) is 6.92 Å². The summed E-state index contributed by atoms with van der Waals surface area (Å²) in [5.41, 5.74) is -1.39. The fraction of sp³-hybridized carbons (Fsp3) is 0.722. The molecule has 1 aliphatic heterocycles. The van der Waals surface area contributed by atoms with Gasteiger partial charge in [-0.3, -0.25) is 9.13 Å². The summed E-state index contributed by atoms with van der Waals surface area (Å²) in [5.74, 6) is -1.01. The molecule has 0 aromatic carbocycles. The Balaban J connectivity index is 2.42. The monoisotopic (exact) mass is 417 g/mol. The van der Waals surface area contributed by atoms with Crippen molar-refractivity contribution in [3.8, 4) is 0 Å². The van der Waals surface area contributed by atoms with Crippen LogP contribution in [0, 0.1) is 5.82 Å². The predicted octanol–water partition coefficient (Wildman–Crippen LogP) is 0.649. The number of hydrogen-bond acceptors (Lipinski definition) is 7. The number of unbranched alkanes of at least 4 members (excludes halogenated alkanes) is 2. The topological polar surface area (TPSA) is 125 Å². The van der Waals surface area contributed by atoms with Crippen LogP contribution in [-0.2, 0) is 20.9 Å². The molecule has 11 heteroatoms. The maximum Gasteiger partial charge on any atom is 0.435 e. The van der Waals surface area contributed by atoms with Gasteiger partial charge in [0.05, 0.1) is 18.9 Å². The third kappa shape index (κ3) is 5.50. The Morgan fingerprint density at radius 1 is 1.31 bits per heavy atom. The molecule has 0 unspecified atom stereocenters. The van der Waals surface area contributed by atoms with E-state index in [0.717, 1.165) is 28.2 Å². The van der Waals surface area contributed by atoms with E-state index in [0.29, 0.717) is 6.42 Å². The van der Waals surface area contributed by atoms with E-state index in [9.17, 15) is 24.2 Å². The number of carbonyl (C=O) groups excluding carboxylic acids is 1. The highest BCUT2D eigenvalue weighted by Gasteiger charge is 2.42. The molecule has 0 spiro atoms. The summed E-state index contributed by atoms with van der Waals surface area (Å²) in [5, 5.41) is 20.0. The van der Waals surface area contributed by atoms with Gasteiger partial charge in [-0.1, -0.05) is 19.8 Å². The summed E-state index contributed by atoms with van der Waals surface area (Å²) in [6.45, 7) is 5.18. The molecule has 0 aliphatic carbocycles. The van der Waals surface area contributed by atoms with Gasteiger partial charge in [0, 0.05) is 6.61 Å². The van der Waals surface area contributed by atoms with Crippen LogP contribution in [0.4, 0.5) is 9.18 Å². The Morgan fingerprint density at radius 3 is 2.62 bits per heavy atom. The third-order valence-corrected chi connectivity index (χ3v) is 4.52. The number of ether oxygens (including phenoxy) is 3. The normalized spacial score (nSPS) is 24.8. The van der Waals surface area contributed by atoms with Gasteiger partial charge in [0.2, 0.25) is 0 Å². The molecule has 2 rings (SSSR count). The van der Waals surface area contributed by atoms with E-state index in [4.69, 9.17) is 14.2 Å². The first-order valence-corrected chi connectivity index (χ1v) is 9.64. The van der Waals surface area contributed by atoms with Crippen molar-refractivity contribution in [3.05, 3.63) is 28.0 Å². The minimum Gasteiger partial charge on any atom is -0.448 e. The van der Waals surface area contributed by atoms with Gasteiger partial charge >= 0.3 is 11.8 Å². The minimum atomic E-state index is -1.44. The molecule has 1 aromatic rings. The van der Waals surface area contributed by atoms with Crippen LogP contribution in [0.25, 0.3) is 0 Å². The smallest absolute Gasteiger partial charge is 0.435 e. The Labute approximate surface area is 167 Å². The molecular formula is C18H28FN3O7. The molecule has 0 bridgehead atoms. The second-order valence-electron chi connectivity index (χ2n) is 6.69. The lowest BCUT2D eigenvalue weighted by Gasteiger charge is -2.19. The lowest BCUT2D eigenvalue weighted by molar-refractivity contribution is -0.0380. The van der Waals surface area contributed by atoms with Gasteiger partial charge < -0.3 is 24.4 Å². The highest BCUT2D eigenvalue weighted by atomic mass is 19.1. The van der Waals surface area contributed by atoms with Gasteiger partial charge in [0.15, 0.2) is 17.5 Å². The van der Waals surface area contributed by atoms with Crippen molar-refractivity contribution < 1.29 is 33.6 Å². The van der Waals surface area contributed by atoms with Crippen LogP contribution in [0.1, 0.15) is 46.3 Å². The molecule has 10 nitrogen and oxygen atoms in total. The average molecular weight is 417 g/mol. The van der Waals surface area contributed by atoms with E-state index in [1.807, 2.05) is 6.92 Å². The average Bonchev–Trinajstić information content (AvgIpc) is 2.94. The fourth-order valence-corrected chi connectivity index (χ4v) is 2.88. The number of amides is 1. The van der Waals surface area contributed by atoms with E-state index in [1.165, 1.54) is 6.92 Å². The van der Waals surface area contributed by atoms with Crippen LogP contribution in [0.3, 0.4) is 0 Å². The molecule has 4 atom stereocenters. The first-order valence-electron chi connectivity index (χ1n) is 9.64. The summed E-state index contributed by atoms with van der Waals surface area (Å²) >= 11 is 0. The zero-order valence-corrected chi connectivity index (χ0v) is 16.8.